The van der Waals surface area contributed by atoms with E-state index in [0.29, 0.717) is 0 Å². The monoisotopic (exact) mass is 234 g/mol. The van der Waals surface area contributed by atoms with Crippen LogP contribution in [0.2, 0.25) is 0 Å². The van der Waals surface area contributed by atoms with Gasteiger partial charge >= 0.3 is 0 Å². The third-order valence-corrected chi connectivity index (χ3v) is 3.23. The van der Waals surface area contributed by atoms with Crippen molar-refractivity contribution in [1.82, 2.24) is 5.32 Å². The van der Waals surface area contributed by atoms with Crippen LogP contribution in [0.1, 0.15) is 30.9 Å². The fourth-order valence-electron chi connectivity index (χ4n) is 2.23. The predicted molar refractivity (Wildman–Crippen MR) is 73.0 cm³/mol. The Morgan fingerprint density at radius 2 is 2.12 bits per heavy atom. The van der Waals surface area contributed by atoms with Crippen molar-refractivity contribution >= 4 is 23.0 Å². The molecule has 1 aliphatic rings. The van der Waals surface area contributed by atoms with E-state index in [1.54, 1.807) is 0 Å². The molecule has 0 aromatic heterocycles. The van der Waals surface area contributed by atoms with Crippen LogP contribution < -0.4 is 10.6 Å². The van der Waals surface area contributed by atoms with Gasteiger partial charge in [-0.15, -0.1) is 0 Å². The van der Waals surface area contributed by atoms with Crippen LogP contribution in [-0.2, 0) is 12.8 Å². The molecule has 0 saturated heterocycles. The van der Waals surface area contributed by atoms with Gasteiger partial charge in [-0.25, -0.2) is 0 Å². The number of anilines is 1. The van der Waals surface area contributed by atoms with Crippen LogP contribution in [0.5, 0.6) is 0 Å². The first-order valence-electron chi connectivity index (χ1n) is 5.97. The molecule has 1 aromatic carbocycles. The number of thiocarbonyl (C=S) groups is 1. The molecule has 0 spiro atoms. The summed E-state index contributed by atoms with van der Waals surface area (Å²) in [4.78, 5) is 0. The summed E-state index contributed by atoms with van der Waals surface area (Å²) >= 11 is 5.22. The maximum atomic E-state index is 5.22. The lowest BCUT2D eigenvalue weighted by molar-refractivity contribution is 0.687. The van der Waals surface area contributed by atoms with E-state index in [2.05, 4.69) is 35.8 Å². The van der Waals surface area contributed by atoms with E-state index in [-0.39, 0.29) is 0 Å². The molecule has 0 amide bonds. The molecule has 0 atom stereocenters. The van der Waals surface area contributed by atoms with Crippen LogP contribution in [0.4, 0.5) is 5.69 Å². The fraction of sp³-hybridized carbons (Fsp3) is 0.462. The van der Waals surface area contributed by atoms with E-state index < -0.39 is 0 Å². The first-order valence-corrected chi connectivity index (χ1v) is 6.37. The highest BCUT2D eigenvalue weighted by molar-refractivity contribution is 7.80. The van der Waals surface area contributed by atoms with E-state index in [1.165, 1.54) is 42.5 Å². The third-order valence-electron chi connectivity index (χ3n) is 2.98. The Bertz CT molecular complexity index is 388. The van der Waals surface area contributed by atoms with Crippen LogP contribution >= 0.6 is 12.2 Å². The summed E-state index contributed by atoms with van der Waals surface area (Å²) in [6, 6.07) is 6.46. The SMILES string of the molecule is CCNC(=S)Nc1cccc2c1CCCC2. The zero-order valence-electron chi connectivity index (χ0n) is 9.68. The van der Waals surface area contributed by atoms with Gasteiger partial charge in [-0.05, 0) is 62.0 Å². The van der Waals surface area contributed by atoms with Crippen LogP contribution in [0.15, 0.2) is 18.2 Å². The maximum Gasteiger partial charge on any atom is 0.170 e. The minimum atomic E-state index is 0.724. The van der Waals surface area contributed by atoms with Gasteiger partial charge in [0.2, 0.25) is 0 Å². The van der Waals surface area contributed by atoms with Gasteiger partial charge in [0.05, 0.1) is 0 Å². The highest BCUT2D eigenvalue weighted by atomic mass is 32.1. The normalized spacial score (nSPS) is 14.1. The highest BCUT2D eigenvalue weighted by Gasteiger charge is 2.12. The van der Waals surface area contributed by atoms with Crippen molar-refractivity contribution in [3.05, 3.63) is 29.3 Å². The van der Waals surface area contributed by atoms with E-state index >= 15 is 0 Å². The lowest BCUT2D eigenvalue weighted by Crippen LogP contribution is -2.28. The number of benzene rings is 1. The molecule has 16 heavy (non-hydrogen) atoms. The van der Waals surface area contributed by atoms with Gasteiger partial charge in [-0.3, -0.25) is 0 Å². The molecule has 2 nitrogen and oxygen atoms in total. The van der Waals surface area contributed by atoms with E-state index in [9.17, 15) is 0 Å². The third kappa shape index (κ3) is 2.53. The van der Waals surface area contributed by atoms with Crippen LogP contribution in [0.3, 0.4) is 0 Å². The molecule has 3 heteroatoms. The number of hydrogen-bond donors (Lipinski definition) is 2. The summed E-state index contributed by atoms with van der Waals surface area (Å²) in [5, 5.41) is 7.14. The van der Waals surface area contributed by atoms with E-state index in [0.717, 1.165) is 11.7 Å². The number of rotatable bonds is 2. The zero-order chi connectivity index (χ0) is 11.4. The molecular formula is C13H18N2S. The Balaban J connectivity index is 2.17. The number of nitrogens with one attached hydrogen (secondary N) is 2. The summed E-state index contributed by atoms with van der Waals surface area (Å²) in [5.41, 5.74) is 4.12. The Kier molecular flexibility index (Phi) is 3.78. The number of hydrogen-bond acceptors (Lipinski definition) is 1. The molecule has 0 radical (unpaired) electrons. The summed E-state index contributed by atoms with van der Waals surface area (Å²) in [6.07, 6.45) is 4.99. The zero-order valence-corrected chi connectivity index (χ0v) is 10.5. The van der Waals surface area contributed by atoms with Crippen molar-refractivity contribution in [2.24, 2.45) is 0 Å². The average Bonchev–Trinajstić information content (AvgIpc) is 2.30. The van der Waals surface area contributed by atoms with Gasteiger partial charge in [0.1, 0.15) is 0 Å². The van der Waals surface area contributed by atoms with Crippen molar-refractivity contribution in [3.63, 3.8) is 0 Å². The number of fused-ring (bicyclic) bond motifs is 1. The number of aryl methyl sites for hydroxylation is 1. The summed E-state index contributed by atoms with van der Waals surface area (Å²) in [6.45, 7) is 2.91. The largest absolute Gasteiger partial charge is 0.363 e. The lowest BCUT2D eigenvalue weighted by atomic mass is 9.90. The minimum Gasteiger partial charge on any atom is -0.363 e. The summed E-state index contributed by atoms with van der Waals surface area (Å²) < 4.78 is 0. The van der Waals surface area contributed by atoms with Crippen molar-refractivity contribution in [3.8, 4) is 0 Å². The molecule has 0 heterocycles. The second-order valence-electron chi connectivity index (χ2n) is 4.13. The van der Waals surface area contributed by atoms with Crippen molar-refractivity contribution in [2.45, 2.75) is 32.6 Å². The van der Waals surface area contributed by atoms with Gasteiger partial charge in [0, 0.05) is 12.2 Å². The summed E-state index contributed by atoms with van der Waals surface area (Å²) in [7, 11) is 0. The Labute approximate surface area is 102 Å². The molecule has 0 fully saturated rings. The molecule has 86 valence electrons. The minimum absolute atomic E-state index is 0.724. The van der Waals surface area contributed by atoms with Crippen molar-refractivity contribution < 1.29 is 0 Å². The molecular weight excluding hydrogens is 216 g/mol. The smallest absolute Gasteiger partial charge is 0.170 e. The predicted octanol–water partition coefficient (Wildman–Crippen LogP) is 2.87. The first kappa shape index (κ1) is 11.4. The maximum absolute atomic E-state index is 5.22. The second-order valence-corrected chi connectivity index (χ2v) is 4.54. The highest BCUT2D eigenvalue weighted by Crippen LogP contribution is 2.27. The summed E-state index contributed by atoms with van der Waals surface area (Å²) in [5.74, 6) is 0. The molecule has 0 bridgehead atoms. The average molecular weight is 234 g/mol. The van der Waals surface area contributed by atoms with Crippen LogP contribution in [0, 0.1) is 0 Å². The van der Waals surface area contributed by atoms with Gasteiger partial charge in [0.25, 0.3) is 0 Å². The van der Waals surface area contributed by atoms with E-state index in [1.807, 2.05) is 0 Å². The molecule has 0 saturated carbocycles. The topological polar surface area (TPSA) is 24.1 Å². The van der Waals surface area contributed by atoms with Crippen molar-refractivity contribution in [1.29, 1.82) is 0 Å². The van der Waals surface area contributed by atoms with Crippen LogP contribution in [-0.4, -0.2) is 11.7 Å². The molecule has 2 N–H and O–H groups in total. The van der Waals surface area contributed by atoms with Gasteiger partial charge < -0.3 is 10.6 Å². The molecule has 0 unspecified atom stereocenters. The Morgan fingerprint density at radius 1 is 1.31 bits per heavy atom. The first-order chi connectivity index (χ1) is 7.81. The van der Waals surface area contributed by atoms with Gasteiger partial charge in [-0.2, -0.15) is 0 Å². The molecule has 1 aliphatic carbocycles. The molecule has 0 aliphatic heterocycles. The van der Waals surface area contributed by atoms with Gasteiger partial charge in [-0.1, -0.05) is 12.1 Å². The quantitative estimate of drug-likeness (QED) is 0.769. The lowest BCUT2D eigenvalue weighted by Gasteiger charge is -2.20. The van der Waals surface area contributed by atoms with E-state index in [4.69, 9.17) is 12.2 Å². The molecule has 2 rings (SSSR count). The second kappa shape index (κ2) is 5.30. The standard InChI is InChI=1S/C13H18N2S/c1-2-14-13(16)15-12-9-5-7-10-6-3-4-8-11(10)12/h5,7,9H,2-4,6,8H2,1H3,(H2,14,15,16). The fourth-order valence-corrected chi connectivity index (χ4v) is 2.48. The van der Waals surface area contributed by atoms with Gasteiger partial charge in [0.15, 0.2) is 5.11 Å². The Hall–Kier alpha value is -1.09. The van der Waals surface area contributed by atoms with Crippen molar-refractivity contribution in [2.75, 3.05) is 11.9 Å². The Morgan fingerprint density at radius 3 is 2.94 bits per heavy atom. The molecule has 1 aromatic rings. The van der Waals surface area contributed by atoms with Crippen LogP contribution in [0.25, 0.3) is 0 Å².